The molecule has 6 nitrogen and oxygen atoms in total. The summed E-state index contributed by atoms with van der Waals surface area (Å²) in [6.07, 6.45) is 0.889. The van der Waals surface area contributed by atoms with E-state index in [2.05, 4.69) is 16.0 Å². The molecule has 1 aromatic carbocycles. The molecule has 1 atom stereocenters. The predicted molar refractivity (Wildman–Crippen MR) is 70.5 cm³/mol. The van der Waals surface area contributed by atoms with Gasteiger partial charge in [0.2, 0.25) is 17.7 Å². The van der Waals surface area contributed by atoms with Crippen LogP contribution in [0.15, 0.2) is 24.3 Å². The zero-order valence-corrected chi connectivity index (χ0v) is 10.5. The van der Waals surface area contributed by atoms with Crippen molar-refractivity contribution in [1.82, 2.24) is 5.32 Å². The Bertz CT molecular complexity index is 528. The number of hydrogen-bond donors (Lipinski definition) is 3. The Morgan fingerprint density at radius 2 is 1.95 bits per heavy atom. The zero-order valence-electron chi connectivity index (χ0n) is 10.5. The number of benzene rings is 1. The molecule has 1 saturated heterocycles. The third kappa shape index (κ3) is 3.54. The Morgan fingerprint density at radius 3 is 2.53 bits per heavy atom. The van der Waals surface area contributed by atoms with Crippen molar-refractivity contribution in [2.75, 3.05) is 10.6 Å². The van der Waals surface area contributed by atoms with E-state index < -0.39 is 6.04 Å². The van der Waals surface area contributed by atoms with Crippen LogP contribution in [0.3, 0.4) is 0 Å². The minimum atomic E-state index is -0.475. The first kappa shape index (κ1) is 13.1. The summed E-state index contributed by atoms with van der Waals surface area (Å²) >= 11 is 0. The molecule has 6 heteroatoms. The molecule has 19 heavy (non-hydrogen) atoms. The fourth-order valence-electron chi connectivity index (χ4n) is 1.92. The molecule has 1 heterocycles. The lowest BCUT2D eigenvalue weighted by Gasteiger charge is -2.11. The van der Waals surface area contributed by atoms with Gasteiger partial charge < -0.3 is 16.0 Å². The first-order valence-electron chi connectivity index (χ1n) is 6.02. The molecule has 0 aromatic heterocycles. The largest absolute Gasteiger partial charge is 0.344 e. The Hall–Kier alpha value is -2.37. The molecule has 0 radical (unpaired) electrons. The summed E-state index contributed by atoms with van der Waals surface area (Å²) < 4.78 is 0. The molecule has 1 aliphatic rings. The minimum absolute atomic E-state index is 0.104. The molecule has 0 aliphatic carbocycles. The second-order valence-corrected chi connectivity index (χ2v) is 4.41. The third-order valence-electron chi connectivity index (χ3n) is 2.76. The smallest absolute Gasteiger partial charge is 0.246 e. The van der Waals surface area contributed by atoms with Gasteiger partial charge in [0.1, 0.15) is 6.04 Å². The number of hydrogen-bond acceptors (Lipinski definition) is 3. The molecule has 0 bridgehead atoms. The Labute approximate surface area is 110 Å². The van der Waals surface area contributed by atoms with Crippen molar-refractivity contribution in [3.05, 3.63) is 24.3 Å². The molecule has 1 aliphatic heterocycles. The minimum Gasteiger partial charge on any atom is -0.344 e. The van der Waals surface area contributed by atoms with Gasteiger partial charge in [0.05, 0.1) is 0 Å². The van der Waals surface area contributed by atoms with Gasteiger partial charge in [-0.25, -0.2) is 0 Å². The highest BCUT2D eigenvalue weighted by atomic mass is 16.2. The van der Waals surface area contributed by atoms with Crippen LogP contribution in [0.2, 0.25) is 0 Å². The number of carbonyl (C=O) groups excluding carboxylic acids is 3. The van der Waals surface area contributed by atoms with Crippen molar-refractivity contribution in [3.63, 3.8) is 0 Å². The summed E-state index contributed by atoms with van der Waals surface area (Å²) in [5.41, 5.74) is 1.19. The number of nitrogens with one attached hydrogen (secondary N) is 3. The lowest BCUT2D eigenvalue weighted by Crippen LogP contribution is -2.37. The van der Waals surface area contributed by atoms with Crippen LogP contribution >= 0.6 is 0 Å². The van der Waals surface area contributed by atoms with Gasteiger partial charge >= 0.3 is 0 Å². The van der Waals surface area contributed by atoms with E-state index >= 15 is 0 Å². The molecule has 1 unspecified atom stereocenters. The van der Waals surface area contributed by atoms with Crippen molar-refractivity contribution >= 4 is 29.1 Å². The summed E-state index contributed by atoms with van der Waals surface area (Å²) in [6.45, 7) is 1.42. The topological polar surface area (TPSA) is 87.3 Å². The number of carbonyl (C=O) groups is 3. The Kier molecular flexibility index (Phi) is 3.79. The van der Waals surface area contributed by atoms with Gasteiger partial charge in [-0.2, -0.15) is 0 Å². The van der Waals surface area contributed by atoms with E-state index in [4.69, 9.17) is 0 Å². The molecular weight excluding hydrogens is 246 g/mol. The molecular formula is C13H15N3O3. The molecule has 1 fully saturated rings. The van der Waals surface area contributed by atoms with E-state index in [-0.39, 0.29) is 17.7 Å². The lowest BCUT2D eigenvalue weighted by atomic mass is 10.2. The normalized spacial score (nSPS) is 17.7. The van der Waals surface area contributed by atoms with E-state index in [0.29, 0.717) is 24.2 Å². The van der Waals surface area contributed by atoms with E-state index in [1.165, 1.54) is 6.92 Å². The highest BCUT2D eigenvalue weighted by Crippen LogP contribution is 2.16. The SMILES string of the molecule is CC(=O)Nc1cccc(NC(=O)C2CCC(=O)N2)c1. The number of rotatable bonds is 3. The molecule has 3 N–H and O–H groups in total. The molecule has 0 saturated carbocycles. The predicted octanol–water partition coefficient (Wildman–Crippen LogP) is 0.862. The van der Waals surface area contributed by atoms with E-state index in [1.807, 2.05) is 0 Å². The van der Waals surface area contributed by atoms with Crippen LogP contribution in [-0.2, 0) is 14.4 Å². The number of anilines is 2. The summed E-state index contributed by atoms with van der Waals surface area (Å²) in [6, 6.07) is 6.37. The molecule has 100 valence electrons. The average molecular weight is 261 g/mol. The molecule has 0 spiro atoms. The molecule has 3 amide bonds. The zero-order chi connectivity index (χ0) is 13.8. The molecule has 2 rings (SSSR count). The van der Waals surface area contributed by atoms with Crippen molar-refractivity contribution in [2.45, 2.75) is 25.8 Å². The standard InChI is InChI=1S/C13H15N3O3/c1-8(17)14-9-3-2-4-10(7-9)15-13(19)11-5-6-12(18)16-11/h2-4,7,11H,5-6H2,1H3,(H,14,17)(H,15,19)(H,16,18). The summed E-state index contributed by atoms with van der Waals surface area (Å²) in [5.74, 6) is -0.524. The van der Waals surface area contributed by atoms with Crippen LogP contribution in [0.1, 0.15) is 19.8 Å². The van der Waals surface area contributed by atoms with Crippen molar-refractivity contribution in [1.29, 1.82) is 0 Å². The summed E-state index contributed by atoms with van der Waals surface area (Å²) in [5, 5.41) is 7.95. The summed E-state index contributed by atoms with van der Waals surface area (Å²) in [4.78, 5) is 33.9. The van der Waals surface area contributed by atoms with Crippen molar-refractivity contribution in [2.24, 2.45) is 0 Å². The monoisotopic (exact) mass is 261 g/mol. The Morgan fingerprint density at radius 1 is 1.26 bits per heavy atom. The maximum atomic E-state index is 11.9. The maximum absolute atomic E-state index is 11.9. The Balaban J connectivity index is 2.00. The highest BCUT2D eigenvalue weighted by molar-refractivity contribution is 5.99. The van der Waals surface area contributed by atoms with Gasteiger partial charge in [-0.15, -0.1) is 0 Å². The van der Waals surface area contributed by atoms with Crippen LogP contribution in [0.5, 0.6) is 0 Å². The van der Waals surface area contributed by atoms with E-state index in [9.17, 15) is 14.4 Å². The van der Waals surface area contributed by atoms with Gasteiger partial charge in [-0.3, -0.25) is 14.4 Å². The lowest BCUT2D eigenvalue weighted by molar-refractivity contribution is -0.122. The number of amides is 3. The average Bonchev–Trinajstić information content (AvgIpc) is 2.75. The van der Waals surface area contributed by atoms with Crippen LogP contribution < -0.4 is 16.0 Å². The highest BCUT2D eigenvalue weighted by Gasteiger charge is 2.27. The van der Waals surface area contributed by atoms with E-state index in [1.54, 1.807) is 24.3 Å². The first-order chi connectivity index (χ1) is 9.04. The first-order valence-corrected chi connectivity index (χ1v) is 6.02. The van der Waals surface area contributed by atoms with Gasteiger partial charge in [-0.05, 0) is 24.6 Å². The van der Waals surface area contributed by atoms with Crippen LogP contribution in [0, 0.1) is 0 Å². The van der Waals surface area contributed by atoms with Gasteiger partial charge in [0.25, 0.3) is 0 Å². The quantitative estimate of drug-likeness (QED) is 0.754. The van der Waals surface area contributed by atoms with Crippen LogP contribution in [0.25, 0.3) is 0 Å². The van der Waals surface area contributed by atoms with Gasteiger partial charge in [0, 0.05) is 24.7 Å². The van der Waals surface area contributed by atoms with Crippen molar-refractivity contribution in [3.8, 4) is 0 Å². The third-order valence-corrected chi connectivity index (χ3v) is 2.76. The second kappa shape index (κ2) is 5.51. The van der Waals surface area contributed by atoms with Gasteiger partial charge in [0.15, 0.2) is 0 Å². The fourth-order valence-corrected chi connectivity index (χ4v) is 1.92. The van der Waals surface area contributed by atoms with Crippen LogP contribution in [0.4, 0.5) is 11.4 Å². The fraction of sp³-hybridized carbons (Fsp3) is 0.308. The van der Waals surface area contributed by atoms with Crippen molar-refractivity contribution < 1.29 is 14.4 Å². The van der Waals surface area contributed by atoms with Crippen LogP contribution in [-0.4, -0.2) is 23.8 Å². The molecule has 1 aromatic rings. The van der Waals surface area contributed by atoms with Gasteiger partial charge in [-0.1, -0.05) is 6.07 Å². The maximum Gasteiger partial charge on any atom is 0.246 e. The van der Waals surface area contributed by atoms with E-state index in [0.717, 1.165) is 0 Å². The summed E-state index contributed by atoms with van der Waals surface area (Å²) in [7, 11) is 0. The second-order valence-electron chi connectivity index (χ2n) is 4.41.